The molecule has 3 aromatic carbocycles. The summed E-state index contributed by atoms with van der Waals surface area (Å²) in [6.45, 7) is 1.46. The Morgan fingerprint density at radius 2 is 1.17 bits per heavy atom. The second kappa shape index (κ2) is 7.03. The first-order valence-electron chi connectivity index (χ1n) is 7.69. The highest BCUT2D eigenvalue weighted by Crippen LogP contribution is 2.12. The van der Waals surface area contributed by atoms with Crippen molar-refractivity contribution in [2.45, 2.75) is 6.92 Å². The van der Waals surface area contributed by atoms with Crippen LogP contribution in [0.1, 0.15) is 6.92 Å². The maximum atomic E-state index is 12.0. The van der Waals surface area contributed by atoms with Crippen LogP contribution in [-0.4, -0.2) is 14.3 Å². The van der Waals surface area contributed by atoms with Crippen LogP contribution < -0.4 is 15.6 Å². The molecule has 0 bridgehead atoms. The first-order chi connectivity index (χ1) is 11.6. The van der Waals surface area contributed by atoms with E-state index in [0.29, 0.717) is 5.02 Å². The van der Waals surface area contributed by atoms with Gasteiger partial charge in [-0.25, -0.2) is 0 Å². The Hall–Kier alpha value is -2.36. The summed E-state index contributed by atoms with van der Waals surface area (Å²) in [5, 5.41) is 3.69. The molecule has 0 spiro atoms. The Morgan fingerprint density at radius 1 is 0.750 bits per heavy atom. The molecule has 0 radical (unpaired) electrons. The van der Waals surface area contributed by atoms with E-state index in [1.807, 2.05) is 84.9 Å². The monoisotopic (exact) mass is 352 g/mol. The van der Waals surface area contributed by atoms with Gasteiger partial charge >= 0.3 is 8.32 Å². The number of halogens is 1. The Labute approximate surface area is 147 Å². The van der Waals surface area contributed by atoms with Crippen molar-refractivity contribution < 1.29 is 9.22 Å². The van der Waals surface area contributed by atoms with Crippen molar-refractivity contribution in [2.24, 2.45) is 0 Å². The summed E-state index contributed by atoms with van der Waals surface area (Å²) in [4.78, 5) is 12.0. The van der Waals surface area contributed by atoms with Crippen molar-refractivity contribution in [2.75, 3.05) is 0 Å². The highest BCUT2D eigenvalue weighted by atomic mass is 35.5. The molecule has 0 aromatic heterocycles. The molecule has 0 aliphatic carbocycles. The van der Waals surface area contributed by atoms with Gasteiger partial charge in [0.2, 0.25) is 0 Å². The maximum absolute atomic E-state index is 12.0. The van der Waals surface area contributed by atoms with Gasteiger partial charge < -0.3 is 4.43 Å². The quantitative estimate of drug-likeness (QED) is 0.533. The number of hydrogen-bond donors (Lipinski definition) is 0. The molecule has 2 nitrogen and oxygen atoms in total. The van der Waals surface area contributed by atoms with Crippen molar-refractivity contribution in [3.63, 3.8) is 0 Å². The zero-order valence-corrected chi connectivity index (χ0v) is 15.0. The number of benzene rings is 3. The first kappa shape index (κ1) is 16.5. The molecule has 0 fully saturated rings. The van der Waals surface area contributed by atoms with Gasteiger partial charge in [0.15, 0.2) is 0 Å². The van der Waals surface area contributed by atoms with Crippen LogP contribution in [0.5, 0.6) is 0 Å². The highest BCUT2D eigenvalue weighted by Gasteiger charge is 2.44. The number of hydrogen-bond acceptors (Lipinski definition) is 2. The molecule has 0 atom stereocenters. The Morgan fingerprint density at radius 3 is 1.58 bits per heavy atom. The summed E-state index contributed by atoms with van der Waals surface area (Å²) in [7, 11) is -2.92. The van der Waals surface area contributed by atoms with E-state index in [2.05, 4.69) is 0 Å². The molecule has 24 heavy (non-hydrogen) atoms. The average Bonchev–Trinajstić information content (AvgIpc) is 2.62. The van der Waals surface area contributed by atoms with Crippen LogP contribution in [0.4, 0.5) is 0 Å². The van der Waals surface area contributed by atoms with Gasteiger partial charge in [-0.3, -0.25) is 4.79 Å². The number of carbonyl (C=O) groups is 1. The molecule has 0 saturated heterocycles. The number of rotatable bonds is 4. The van der Waals surface area contributed by atoms with Crippen LogP contribution in [-0.2, 0) is 9.22 Å². The van der Waals surface area contributed by atoms with Crippen LogP contribution >= 0.6 is 11.6 Å². The average molecular weight is 353 g/mol. The number of carbonyl (C=O) groups excluding carboxylic acids is 1. The van der Waals surface area contributed by atoms with Gasteiger partial charge in [-0.05, 0) is 27.7 Å². The van der Waals surface area contributed by atoms with Crippen LogP contribution in [0.3, 0.4) is 0 Å². The van der Waals surface area contributed by atoms with Crippen molar-refractivity contribution in [1.82, 2.24) is 0 Å². The predicted octanol–water partition coefficient (Wildman–Crippen LogP) is 2.87. The Bertz CT molecular complexity index is 778. The first-order valence-corrected chi connectivity index (χ1v) is 9.98. The molecule has 0 saturated carbocycles. The van der Waals surface area contributed by atoms with Gasteiger partial charge in [-0.1, -0.05) is 84.4 Å². The zero-order valence-electron chi connectivity index (χ0n) is 13.3. The summed E-state index contributed by atoms with van der Waals surface area (Å²) < 4.78 is 6.09. The lowest BCUT2D eigenvalue weighted by atomic mass is 10.3. The van der Waals surface area contributed by atoms with Crippen LogP contribution in [0, 0.1) is 0 Å². The molecule has 0 unspecified atom stereocenters. The van der Waals surface area contributed by atoms with Crippen LogP contribution in [0.25, 0.3) is 0 Å². The minimum absolute atomic E-state index is 0.288. The molecule has 3 aromatic rings. The van der Waals surface area contributed by atoms with Crippen molar-refractivity contribution in [3.8, 4) is 0 Å². The molecule has 0 amide bonds. The predicted molar refractivity (Wildman–Crippen MR) is 101 cm³/mol. The smallest absolute Gasteiger partial charge is 0.350 e. The van der Waals surface area contributed by atoms with Crippen LogP contribution in [0.15, 0.2) is 84.9 Å². The lowest BCUT2D eigenvalue weighted by molar-refractivity contribution is -0.132. The molecule has 0 aliphatic heterocycles. The van der Waals surface area contributed by atoms with Gasteiger partial charge in [0.25, 0.3) is 5.97 Å². The maximum Gasteiger partial charge on any atom is 0.350 e. The lowest BCUT2D eigenvalue weighted by Gasteiger charge is -2.32. The Kier molecular flexibility index (Phi) is 4.83. The molecule has 0 heterocycles. The van der Waals surface area contributed by atoms with E-state index in [4.69, 9.17) is 16.0 Å². The zero-order chi connectivity index (χ0) is 17.0. The largest absolute Gasteiger partial charge is 0.506 e. The molecule has 120 valence electrons. The fourth-order valence-electron chi connectivity index (χ4n) is 2.92. The van der Waals surface area contributed by atoms with Gasteiger partial charge in [-0.2, -0.15) is 0 Å². The highest BCUT2D eigenvalue weighted by molar-refractivity contribution is 7.07. The fraction of sp³-hybridized carbons (Fsp3) is 0.0500. The minimum atomic E-state index is -2.92. The molecule has 4 heteroatoms. The van der Waals surface area contributed by atoms with Gasteiger partial charge in [-0.15, -0.1) is 0 Å². The lowest BCUT2D eigenvalue weighted by Crippen LogP contribution is -2.69. The molecule has 3 rings (SSSR count). The van der Waals surface area contributed by atoms with E-state index in [-0.39, 0.29) is 5.97 Å². The normalized spacial score (nSPS) is 11.1. The molecular weight excluding hydrogens is 336 g/mol. The summed E-state index contributed by atoms with van der Waals surface area (Å²) >= 11 is 6.07. The fourth-order valence-corrected chi connectivity index (χ4v) is 6.79. The van der Waals surface area contributed by atoms with Gasteiger partial charge in [0.05, 0.1) is 0 Å². The second-order valence-corrected chi connectivity index (χ2v) is 9.25. The van der Waals surface area contributed by atoms with Gasteiger partial charge in [0.1, 0.15) is 0 Å². The third-order valence-electron chi connectivity index (χ3n) is 3.91. The summed E-state index contributed by atoms with van der Waals surface area (Å²) in [6, 6.07) is 27.5. The third kappa shape index (κ3) is 3.14. The molecular formula is C20H17ClO2Si. The van der Waals surface area contributed by atoms with E-state index >= 15 is 0 Å². The van der Waals surface area contributed by atoms with Gasteiger partial charge in [0, 0.05) is 11.9 Å². The minimum Gasteiger partial charge on any atom is -0.506 e. The molecule has 0 N–H and O–H groups in total. The van der Waals surface area contributed by atoms with E-state index < -0.39 is 8.32 Å². The SMILES string of the molecule is CC(=O)O[Si](c1ccccc1)(c1ccccc1)c1ccc(Cl)cc1. The van der Waals surface area contributed by atoms with E-state index in [9.17, 15) is 4.79 Å². The van der Waals surface area contributed by atoms with E-state index in [1.165, 1.54) is 6.92 Å². The Balaban J connectivity index is 2.32. The summed E-state index contributed by atoms with van der Waals surface area (Å²) in [6.07, 6.45) is 0. The van der Waals surface area contributed by atoms with E-state index in [0.717, 1.165) is 15.6 Å². The van der Waals surface area contributed by atoms with Crippen molar-refractivity contribution >= 4 is 41.4 Å². The molecule has 0 aliphatic rings. The van der Waals surface area contributed by atoms with Crippen LogP contribution in [0.2, 0.25) is 5.02 Å². The summed E-state index contributed by atoms with van der Waals surface area (Å²) in [5.41, 5.74) is 0. The third-order valence-corrected chi connectivity index (χ3v) is 8.19. The van der Waals surface area contributed by atoms with E-state index in [1.54, 1.807) is 0 Å². The standard InChI is InChI=1S/C20H17ClO2Si/c1-16(22)23-24(18-8-4-2-5-9-18,19-10-6-3-7-11-19)20-14-12-17(21)13-15-20/h2-15H,1H3. The topological polar surface area (TPSA) is 26.3 Å². The second-order valence-electron chi connectivity index (χ2n) is 5.51. The van der Waals surface area contributed by atoms with Crippen molar-refractivity contribution in [1.29, 1.82) is 0 Å². The summed E-state index contributed by atoms with van der Waals surface area (Å²) in [5.74, 6) is -0.288. The van der Waals surface area contributed by atoms with Crippen molar-refractivity contribution in [3.05, 3.63) is 90.0 Å².